The Hall–Kier alpha value is -2.83. The zero-order chi connectivity index (χ0) is 18.7. The van der Waals surface area contributed by atoms with Crippen molar-refractivity contribution in [2.75, 3.05) is 5.75 Å². The Bertz CT molecular complexity index is 1110. The number of nitrogens with one attached hydrogen (secondary N) is 3. The second-order valence-corrected chi connectivity index (χ2v) is 7.74. The number of nitriles is 1. The third-order valence-corrected chi connectivity index (χ3v) is 6.13. The van der Waals surface area contributed by atoms with Crippen molar-refractivity contribution < 1.29 is 4.79 Å². The Morgan fingerprint density at radius 2 is 2.04 bits per heavy atom. The van der Waals surface area contributed by atoms with E-state index in [4.69, 9.17) is 0 Å². The Morgan fingerprint density at radius 3 is 2.73 bits per heavy atom. The lowest BCUT2D eigenvalue weighted by molar-refractivity contribution is -0.119. The molecular formula is C17H14N4O3S2. The second kappa shape index (κ2) is 7.59. The highest BCUT2D eigenvalue weighted by Gasteiger charge is 2.18. The van der Waals surface area contributed by atoms with Crippen molar-refractivity contribution in [2.45, 2.75) is 17.2 Å². The summed E-state index contributed by atoms with van der Waals surface area (Å²) in [7, 11) is 0. The average Bonchev–Trinajstić information content (AvgIpc) is 2.98. The Labute approximate surface area is 156 Å². The lowest BCUT2D eigenvalue weighted by Gasteiger charge is -2.13. The molecule has 7 nitrogen and oxygen atoms in total. The van der Waals surface area contributed by atoms with E-state index in [1.807, 2.05) is 43.3 Å². The first-order chi connectivity index (χ1) is 12.5. The van der Waals surface area contributed by atoms with Gasteiger partial charge in [0.05, 0.1) is 21.5 Å². The van der Waals surface area contributed by atoms with Gasteiger partial charge in [-0.1, -0.05) is 30.3 Å². The van der Waals surface area contributed by atoms with Gasteiger partial charge in [0.1, 0.15) is 16.3 Å². The molecule has 3 aromatic rings. The lowest BCUT2D eigenvalue weighted by atomic mass is 10.1. The van der Waals surface area contributed by atoms with Crippen molar-refractivity contribution in [3.63, 3.8) is 0 Å². The standard InChI is InChI=1S/C17H14N4O3S2/c1-9(10-5-3-2-4-6-10)19-12(22)8-25-16-11(7-18)13-14(26-16)15(23)21-17(24)20-13/h2-6,9H,8H2,1H3,(H,19,22)(H2,20,21,23,24). The molecule has 2 heterocycles. The zero-order valence-electron chi connectivity index (χ0n) is 13.7. The number of fused-ring (bicyclic) bond motifs is 1. The van der Waals surface area contributed by atoms with Crippen molar-refractivity contribution in [1.29, 1.82) is 5.26 Å². The van der Waals surface area contributed by atoms with Crippen LogP contribution in [0, 0.1) is 11.3 Å². The number of aromatic nitrogens is 2. The summed E-state index contributed by atoms with van der Waals surface area (Å²) in [5.74, 6) is -0.0871. The Kier molecular flexibility index (Phi) is 5.25. The van der Waals surface area contributed by atoms with Crippen LogP contribution >= 0.6 is 23.1 Å². The van der Waals surface area contributed by atoms with Crippen molar-refractivity contribution in [1.82, 2.24) is 15.3 Å². The van der Waals surface area contributed by atoms with Crippen LogP contribution < -0.4 is 16.6 Å². The highest BCUT2D eigenvalue weighted by atomic mass is 32.2. The smallest absolute Gasteiger partial charge is 0.326 e. The van der Waals surface area contributed by atoms with Crippen LogP contribution in [0.5, 0.6) is 0 Å². The molecule has 0 aliphatic carbocycles. The van der Waals surface area contributed by atoms with Crippen LogP contribution in [0.15, 0.2) is 44.1 Å². The third-order valence-electron chi connectivity index (χ3n) is 3.67. The van der Waals surface area contributed by atoms with E-state index in [-0.39, 0.29) is 33.5 Å². The maximum atomic E-state index is 12.2. The van der Waals surface area contributed by atoms with Gasteiger partial charge in [0.25, 0.3) is 5.56 Å². The summed E-state index contributed by atoms with van der Waals surface area (Å²) in [6, 6.07) is 11.4. The molecule has 0 radical (unpaired) electrons. The van der Waals surface area contributed by atoms with Gasteiger partial charge in [0.2, 0.25) is 5.91 Å². The topological polar surface area (TPSA) is 119 Å². The molecule has 3 N–H and O–H groups in total. The molecule has 0 aliphatic rings. The van der Waals surface area contributed by atoms with Gasteiger partial charge >= 0.3 is 5.69 Å². The number of hydrogen-bond acceptors (Lipinski definition) is 6. The maximum absolute atomic E-state index is 12.2. The Balaban J connectivity index is 1.75. The zero-order valence-corrected chi connectivity index (χ0v) is 15.3. The van der Waals surface area contributed by atoms with Crippen LogP contribution in [0.25, 0.3) is 10.2 Å². The Morgan fingerprint density at radius 1 is 1.31 bits per heavy atom. The molecule has 9 heteroatoms. The number of carbonyl (C=O) groups excluding carboxylic acids is 1. The van der Waals surface area contributed by atoms with E-state index >= 15 is 0 Å². The molecular weight excluding hydrogens is 372 g/mol. The molecule has 1 unspecified atom stereocenters. The number of aromatic amines is 2. The van der Waals surface area contributed by atoms with E-state index in [0.29, 0.717) is 4.21 Å². The quantitative estimate of drug-likeness (QED) is 0.581. The summed E-state index contributed by atoms with van der Waals surface area (Å²) in [5.41, 5.74) is 0.213. The summed E-state index contributed by atoms with van der Waals surface area (Å²) < 4.78 is 0.791. The number of amides is 1. The normalized spacial score (nSPS) is 11.8. The van der Waals surface area contributed by atoms with Gasteiger partial charge in [0.15, 0.2) is 0 Å². The summed E-state index contributed by atoms with van der Waals surface area (Å²) in [4.78, 5) is 40.1. The van der Waals surface area contributed by atoms with Gasteiger partial charge in [0, 0.05) is 0 Å². The number of thiophene rings is 1. The predicted molar refractivity (Wildman–Crippen MR) is 102 cm³/mol. The molecule has 0 aliphatic heterocycles. The summed E-state index contributed by atoms with van der Waals surface area (Å²) >= 11 is 2.25. The van der Waals surface area contributed by atoms with Crippen LogP contribution in [0.2, 0.25) is 0 Å². The molecule has 0 bridgehead atoms. The summed E-state index contributed by atoms with van der Waals surface area (Å²) in [6.45, 7) is 1.89. The minimum Gasteiger partial charge on any atom is -0.349 e. The van der Waals surface area contributed by atoms with E-state index in [0.717, 1.165) is 16.9 Å². The highest BCUT2D eigenvalue weighted by Crippen LogP contribution is 2.34. The molecule has 1 atom stereocenters. The molecule has 1 amide bonds. The predicted octanol–water partition coefficient (Wildman–Crippen LogP) is 2.12. The average molecular weight is 386 g/mol. The van der Waals surface area contributed by atoms with Crippen molar-refractivity contribution in [2.24, 2.45) is 0 Å². The van der Waals surface area contributed by atoms with Gasteiger partial charge in [-0.2, -0.15) is 5.26 Å². The van der Waals surface area contributed by atoms with E-state index in [1.54, 1.807) is 0 Å². The second-order valence-electron chi connectivity index (χ2n) is 5.48. The van der Waals surface area contributed by atoms with Gasteiger partial charge in [-0.05, 0) is 12.5 Å². The van der Waals surface area contributed by atoms with E-state index in [9.17, 15) is 19.6 Å². The van der Waals surface area contributed by atoms with Crippen molar-refractivity contribution >= 4 is 39.2 Å². The highest BCUT2D eigenvalue weighted by molar-refractivity contribution is 8.02. The van der Waals surface area contributed by atoms with Gasteiger partial charge in [-0.25, -0.2) is 4.79 Å². The number of hydrogen-bond donors (Lipinski definition) is 3. The van der Waals surface area contributed by atoms with Crippen LogP contribution in [0.4, 0.5) is 0 Å². The first-order valence-electron chi connectivity index (χ1n) is 7.66. The molecule has 2 aromatic heterocycles. The molecule has 0 saturated carbocycles. The van der Waals surface area contributed by atoms with E-state index in [1.165, 1.54) is 11.8 Å². The van der Waals surface area contributed by atoms with Gasteiger partial charge < -0.3 is 10.3 Å². The summed E-state index contributed by atoms with van der Waals surface area (Å²) in [6.07, 6.45) is 0. The summed E-state index contributed by atoms with van der Waals surface area (Å²) in [5, 5.41) is 12.2. The first kappa shape index (κ1) is 18.0. The maximum Gasteiger partial charge on any atom is 0.326 e. The first-order valence-corrected chi connectivity index (χ1v) is 9.46. The molecule has 132 valence electrons. The number of carbonyl (C=O) groups is 1. The minimum atomic E-state index is -0.664. The molecule has 0 spiro atoms. The largest absolute Gasteiger partial charge is 0.349 e. The van der Waals surface area contributed by atoms with Crippen LogP contribution in [0.1, 0.15) is 24.1 Å². The third kappa shape index (κ3) is 3.71. The molecule has 0 fully saturated rings. The molecule has 26 heavy (non-hydrogen) atoms. The number of thioether (sulfide) groups is 1. The van der Waals surface area contributed by atoms with E-state index in [2.05, 4.69) is 15.3 Å². The molecule has 0 saturated heterocycles. The molecule has 3 rings (SSSR count). The fourth-order valence-electron chi connectivity index (χ4n) is 2.44. The van der Waals surface area contributed by atoms with Crippen molar-refractivity contribution in [3.8, 4) is 6.07 Å². The number of H-pyrrole nitrogens is 2. The number of rotatable bonds is 5. The lowest BCUT2D eigenvalue weighted by Crippen LogP contribution is -2.28. The van der Waals surface area contributed by atoms with Crippen LogP contribution in [-0.4, -0.2) is 21.6 Å². The van der Waals surface area contributed by atoms with Gasteiger partial charge in [-0.15, -0.1) is 23.1 Å². The monoisotopic (exact) mass is 386 g/mol. The van der Waals surface area contributed by atoms with Crippen molar-refractivity contribution in [3.05, 3.63) is 62.3 Å². The van der Waals surface area contributed by atoms with Crippen LogP contribution in [-0.2, 0) is 4.79 Å². The van der Waals surface area contributed by atoms with Crippen LogP contribution in [0.3, 0.4) is 0 Å². The van der Waals surface area contributed by atoms with Gasteiger partial charge in [-0.3, -0.25) is 14.6 Å². The SMILES string of the molecule is CC(NC(=O)CSc1sc2c(=O)[nH]c(=O)[nH]c2c1C#N)c1ccccc1. The molecule has 1 aromatic carbocycles. The number of nitrogens with zero attached hydrogens (tertiary/aromatic N) is 1. The number of benzene rings is 1. The van der Waals surface area contributed by atoms with E-state index < -0.39 is 11.2 Å². The fraction of sp³-hybridized carbons (Fsp3) is 0.176. The fourth-order valence-corrected chi connectivity index (χ4v) is 4.57. The minimum absolute atomic E-state index is 0.0980.